The van der Waals surface area contributed by atoms with Gasteiger partial charge < -0.3 is 10.1 Å². The number of nitrogens with zero attached hydrogens (tertiary/aromatic N) is 3. The Morgan fingerprint density at radius 3 is 2.52 bits per heavy atom. The Balaban J connectivity index is 1.63. The highest BCUT2D eigenvalue weighted by Crippen LogP contribution is 2.16. The average Bonchev–Trinajstić information content (AvgIpc) is 3.20. The van der Waals surface area contributed by atoms with Gasteiger partial charge in [0.2, 0.25) is 0 Å². The molecule has 140 valence electrons. The molecule has 3 aromatic rings. The van der Waals surface area contributed by atoms with Crippen molar-refractivity contribution in [1.29, 1.82) is 0 Å². The maximum atomic E-state index is 12.7. The molecule has 0 saturated heterocycles. The van der Waals surface area contributed by atoms with E-state index in [2.05, 4.69) is 29.4 Å². The normalized spacial score (nSPS) is 12.0. The summed E-state index contributed by atoms with van der Waals surface area (Å²) in [5.41, 5.74) is 1.65. The van der Waals surface area contributed by atoms with Crippen LogP contribution in [0, 0.1) is 5.92 Å². The molecule has 0 aliphatic carbocycles. The van der Waals surface area contributed by atoms with Gasteiger partial charge in [-0.15, -0.1) is 0 Å². The maximum absolute atomic E-state index is 12.7. The Morgan fingerprint density at radius 2 is 1.81 bits per heavy atom. The van der Waals surface area contributed by atoms with Gasteiger partial charge in [0.25, 0.3) is 5.91 Å². The number of carbonyl (C=O) groups excluding carboxylic acids is 1. The molecule has 0 fully saturated rings. The first-order valence-corrected chi connectivity index (χ1v) is 9.03. The van der Waals surface area contributed by atoms with Gasteiger partial charge in [0, 0.05) is 5.56 Å². The third-order valence-corrected chi connectivity index (χ3v) is 4.29. The molecule has 27 heavy (non-hydrogen) atoms. The van der Waals surface area contributed by atoms with Crippen LogP contribution in [-0.4, -0.2) is 26.9 Å². The van der Waals surface area contributed by atoms with Crippen molar-refractivity contribution >= 4 is 5.91 Å². The van der Waals surface area contributed by atoms with E-state index in [1.807, 2.05) is 42.5 Å². The number of carbonyl (C=O) groups is 1. The number of hydrogen-bond donors (Lipinski definition) is 1. The number of nitrogens with one attached hydrogen (secondary N) is 1. The molecular formula is C21H24N4O2. The van der Waals surface area contributed by atoms with E-state index >= 15 is 0 Å². The standard InChI is InChI=1S/C21H24N4O2/c1-16(2)20(14-25-22-11-12-23-25)24-21(26)18-9-6-10-19(13-18)27-15-17-7-4-3-5-8-17/h3-13,16,20H,14-15H2,1-2H3,(H,24,26). The summed E-state index contributed by atoms with van der Waals surface area (Å²) in [5, 5.41) is 11.3. The van der Waals surface area contributed by atoms with Gasteiger partial charge in [0.15, 0.2) is 0 Å². The van der Waals surface area contributed by atoms with Crippen molar-refractivity contribution in [2.75, 3.05) is 0 Å². The molecule has 0 saturated carbocycles. The highest BCUT2D eigenvalue weighted by Gasteiger charge is 2.19. The first kappa shape index (κ1) is 18.6. The van der Waals surface area contributed by atoms with E-state index in [1.54, 1.807) is 29.3 Å². The minimum Gasteiger partial charge on any atom is -0.489 e. The molecule has 0 bridgehead atoms. The van der Waals surface area contributed by atoms with Crippen LogP contribution in [0.1, 0.15) is 29.8 Å². The molecular weight excluding hydrogens is 340 g/mol. The predicted octanol–water partition coefficient (Wildman–Crippen LogP) is 3.31. The van der Waals surface area contributed by atoms with Crippen LogP contribution in [0.5, 0.6) is 5.75 Å². The largest absolute Gasteiger partial charge is 0.489 e. The zero-order valence-corrected chi connectivity index (χ0v) is 15.6. The number of ether oxygens (including phenoxy) is 1. The molecule has 0 aliphatic rings. The fourth-order valence-electron chi connectivity index (χ4n) is 2.66. The Morgan fingerprint density at radius 1 is 1.07 bits per heavy atom. The van der Waals surface area contributed by atoms with Crippen molar-refractivity contribution in [1.82, 2.24) is 20.3 Å². The quantitative estimate of drug-likeness (QED) is 0.666. The lowest BCUT2D eigenvalue weighted by atomic mass is 10.0. The summed E-state index contributed by atoms with van der Waals surface area (Å²) in [4.78, 5) is 14.3. The molecule has 0 spiro atoms. The fraction of sp³-hybridized carbons (Fsp3) is 0.286. The molecule has 2 aromatic carbocycles. The third-order valence-electron chi connectivity index (χ3n) is 4.29. The van der Waals surface area contributed by atoms with E-state index < -0.39 is 0 Å². The monoisotopic (exact) mass is 364 g/mol. The van der Waals surface area contributed by atoms with Gasteiger partial charge in [0.1, 0.15) is 12.4 Å². The highest BCUT2D eigenvalue weighted by molar-refractivity contribution is 5.94. The van der Waals surface area contributed by atoms with Crippen LogP contribution in [0.4, 0.5) is 0 Å². The van der Waals surface area contributed by atoms with Gasteiger partial charge in [-0.1, -0.05) is 50.2 Å². The van der Waals surface area contributed by atoms with E-state index in [9.17, 15) is 4.79 Å². The number of benzene rings is 2. The first-order valence-electron chi connectivity index (χ1n) is 9.03. The molecule has 1 heterocycles. The first-order chi connectivity index (χ1) is 13.1. The Bertz CT molecular complexity index is 848. The summed E-state index contributed by atoms with van der Waals surface area (Å²) in [5.74, 6) is 0.782. The van der Waals surface area contributed by atoms with Crippen LogP contribution < -0.4 is 10.1 Å². The molecule has 6 nitrogen and oxygen atoms in total. The van der Waals surface area contributed by atoms with Crippen LogP contribution in [-0.2, 0) is 13.2 Å². The van der Waals surface area contributed by atoms with Crippen LogP contribution in [0.2, 0.25) is 0 Å². The van der Waals surface area contributed by atoms with Crippen molar-refractivity contribution < 1.29 is 9.53 Å². The second-order valence-corrected chi connectivity index (χ2v) is 6.71. The van der Waals surface area contributed by atoms with E-state index in [4.69, 9.17) is 4.74 Å². The molecule has 0 aliphatic heterocycles. The summed E-state index contributed by atoms with van der Waals surface area (Å²) < 4.78 is 5.82. The van der Waals surface area contributed by atoms with E-state index in [0.717, 1.165) is 5.56 Å². The lowest BCUT2D eigenvalue weighted by Gasteiger charge is -2.22. The molecule has 1 unspecified atom stereocenters. The maximum Gasteiger partial charge on any atom is 0.251 e. The summed E-state index contributed by atoms with van der Waals surface area (Å²) in [6.07, 6.45) is 3.26. The predicted molar refractivity (Wildman–Crippen MR) is 103 cm³/mol. The summed E-state index contributed by atoms with van der Waals surface area (Å²) >= 11 is 0. The fourth-order valence-corrected chi connectivity index (χ4v) is 2.66. The SMILES string of the molecule is CC(C)C(Cn1nccn1)NC(=O)c1cccc(OCc2ccccc2)c1. The molecule has 1 atom stereocenters. The van der Waals surface area contributed by atoms with E-state index in [1.165, 1.54) is 0 Å². The number of hydrogen-bond acceptors (Lipinski definition) is 4. The van der Waals surface area contributed by atoms with Gasteiger partial charge in [-0.2, -0.15) is 15.0 Å². The molecule has 1 amide bonds. The van der Waals surface area contributed by atoms with Gasteiger partial charge in [-0.25, -0.2) is 0 Å². The minimum absolute atomic E-state index is 0.0706. The van der Waals surface area contributed by atoms with E-state index in [0.29, 0.717) is 24.5 Å². The minimum atomic E-state index is -0.133. The van der Waals surface area contributed by atoms with Crippen molar-refractivity contribution in [3.63, 3.8) is 0 Å². The smallest absolute Gasteiger partial charge is 0.251 e. The second kappa shape index (κ2) is 8.98. The van der Waals surface area contributed by atoms with Gasteiger partial charge in [-0.05, 0) is 29.7 Å². The van der Waals surface area contributed by atoms with Crippen molar-refractivity contribution in [3.05, 3.63) is 78.1 Å². The van der Waals surface area contributed by atoms with Crippen molar-refractivity contribution in [3.8, 4) is 5.75 Å². The van der Waals surface area contributed by atoms with Crippen molar-refractivity contribution in [2.45, 2.75) is 33.0 Å². The molecule has 0 radical (unpaired) electrons. The third kappa shape index (κ3) is 5.41. The van der Waals surface area contributed by atoms with Crippen LogP contribution in [0.15, 0.2) is 67.0 Å². The lowest BCUT2D eigenvalue weighted by molar-refractivity contribution is 0.0917. The summed E-state index contributed by atoms with van der Waals surface area (Å²) in [6, 6.07) is 17.1. The number of amides is 1. The van der Waals surface area contributed by atoms with Crippen molar-refractivity contribution in [2.24, 2.45) is 5.92 Å². The van der Waals surface area contributed by atoms with Gasteiger partial charge in [0.05, 0.1) is 25.0 Å². The van der Waals surface area contributed by atoms with Crippen LogP contribution in [0.25, 0.3) is 0 Å². The Hall–Kier alpha value is -3.15. The van der Waals surface area contributed by atoms with Crippen LogP contribution in [0.3, 0.4) is 0 Å². The second-order valence-electron chi connectivity index (χ2n) is 6.71. The molecule has 3 rings (SSSR count). The molecule has 1 N–H and O–H groups in total. The Kier molecular flexibility index (Phi) is 6.20. The molecule has 6 heteroatoms. The van der Waals surface area contributed by atoms with Gasteiger partial charge in [-0.3, -0.25) is 4.79 Å². The number of rotatable bonds is 8. The van der Waals surface area contributed by atoms with Crippen LogP contribution >= 0.6 is 0 Å². The zero-order valence-electron chi connectivity index (χ0n) is 15.6. The number of aromatic nitrogens is 3. The zero-order chi connectivity index (χ0) is 19.1. The lowest BCUT2D eigenvalue weighted by Crippen LogP contribution is -2.42. The molecule has 1 aromatic heterocycles. The highest BCUT2D eigenvalue weighted by atomic mass is 16.5. The average molecular weight is 364 g/mol. The van der Waals surface area contributed by atoms with Gasteiger partial charge >= 0.3 is 0 Å². The summed E-state index contributed by atoms with van der Waals surface area (Å²) in [7, 11) is 0. The Labute approximate surface area is 159 Å². The van der Waals surface area contributed by atoms with E-state index in [-0.39, 0.29) is 17.9 Å². The topological polar surface area (TPSA) is 69.0 Å². The summed E-state index contributed by atoms with van der Waals surface area (Å²) in [6.45, 7) is 5.12.